The number of nitrogens with zero attached hydrogens (tertiary/aromatic N) is 1. The van der Waals surface area contributed by atoms with Gasteiger partial charge in [-0.1, -0.05) is 35.9 Å². The van der Waals surface area contributed by atoms with Crippen LogP contribution in [0, 0.1) is 0 Å². The molecule has 0 unspecified atom stereocenters. The molecular formula is C18H19ClN2O3S. The Bertz CT molecular complexity index is 883. The van der Waals surface area contributed by atoms with Crippen LogP contribution in [-0.4, -0.2) is 26.6 Å². The van der Waals surface area contributed by atoms with Gasteiger partial charge in [0.2, 0.25) is 10.0 Å². The van der Waals surface area contributed by atoms with Crippen LogP contribution in [0.2, 0.25) is 5.02 Å². The van der Waals surface area contributed by atoms with Crippen molar-refractivity contribution < 1.29 is 13.2 Å². The first-order valence-electron chi connectivity index (χ1n) is 8.09. The van der Waals surface area contributed by atoms with Gasteiger partial charge in [-0.25, -0.2) is 8.42 Å². The third kappa shape index (κ3) is 4.14. The van der Waals surface area contributed by atoms with Crippen LogP contribution in [0.1, 0.15) is 28.8 Å². The van der Waals surface area contributed by atoms with Gasteiger partial charge < -0.3 is 5.32 Å². The second-order valence-electron chi connectivity index (χ2n) is 5.92. The molecule has 0 spiro atoms. The summed E-state index contributed by atoms with van der Waals surface area (Å²) >= 11 is 6.09. The van der Waals surface area contributed by atoms with Crippen LogP contribution in [0.3, 0.4) is 0 Å². The molecule has 0 atom stereocenters. The average Bonchev–Trinajstić information content (AvgIpc) is 2.60. The summed E-state index contributed by atoms with van der Waals surface area (Å²) in [6, 6.07) is 14.0. The minimum absolute atomic E-state index is 0.149. The number of hydrogen-bond donors (Lipinski definition) is 1. The van der Waals surface area contributed by atoms with Crippen LogP contribution in [0.25, 0.3) is 0 Å². The van der Waals surface area contributed by atoms with E-state index in [4.69, 9.17) is 11.6 Å². The van der Waals surface area contributed by atoms with Crippen molar-refractivity contribution in [1.82, 2.24) is 5.32 Å². The number of carbonyl (C=O) groups is 1. The number of anilines is 1. The quantitative estimate of drug-likeness (QED) is 0.888. The van der Waals surface area contributed by atoms with E-state index in [9.17, 15) is 13.2 Å². The van der Waals surface area contributed by atoms with Crippen LogP contribution < -0.4 is 9.62 Å². The highest BCUT2D eigenvalue weighted by molar-refractivity contribution is 7.92. The molecule has 1 amide bonds. The van der Waals surface area contributed by atoms with E-state index in [2.05, 4.69) is 5.32 Å². The van der Waals surface area contributed by atoms with Gasteiger partial charge in [0.25, 0.3) is 5.91 Å². The van der Waals surface area contributed by atoms with Gasteiger partial charge in [0.1, 0.15) is 0 Å². The predicted octanol–water partition coefficient (Wildman–Crippen LogP) is 3.20. The zero-order valence-electron chi connectivity index (χ0n) is 13.6. The third-order valence-electron chi connectivity index (χ3n) is 4.14. The summed E-state index contributed by atoms with van der Waals surface area (Å²) in [6.07, 6.45) is 1.50. The second-order valence-corrected chi connectivity index (χ2v) is 8.34. The Morgan fingerprint density at radius 2 is 1.92 bits per heavy atom. The van der Waals surface area contributed by atoms with E-state index >= 15 is 0 Å². The Hall–Kier alpha value is -2.05. The number of rotatable bonds is 4. The monoisotopic (exact) mass is 378 g/mol. The molecule has 132 valence electrons. The molecule has 3 rings (SSSR count). The molecule has 2 aromatic rings. The van der Waals surface area contributed by atoms with Gasteiger partial charge in [0.15, 0.2) is 0 Å². The molecule has 0 saturated carbocycles. The van der Waals surface area contributed by atoms with Crippen LogP contribution in [0.5, 0.6) is 0 Å². The molecule has 1 aliphatic rings. The summed E-state index contributed by atoms with van der Waals surface area (Å²) in [6.45, 7) is 0.762. The molecule has 1 heterocycles. The van der Waals surface area contributed by atoms with Gasteiger partial charge in [-0.2, -0.15) is 0 Å². The minimum atomic E-state index is -3.30. The van der Waals surface area contributed by atoms with Crippen molar-refractivity contribution in [3.05, 3.63) is 64.7 Å². The first-order chi connectivity index (χ1) is 12.0. The van der Waals surface area contributed by atoms with Crippen LogP contribution in [0.4, 0.5) is 5.69 Å². The zero-order chi connectivity index (χ0) is 17.9. The fraction of sp³-hybridized carbons (Fsp3) is 0.278. The summed E-state index contributed by atoms with van der Waals surface area (Å²) in [5.41, 5.74) is 1.78. The summed E-state index contributed by atoms with van der Waals surface area (Å²) in [5, 5.41) is 3.41. The smallest absolute Gasteiger partial charge is 0.251 e. The lowest BCUT2D eigenvalue weighted by Gasteiger charge is -2.28. The first-order valence-corrected chi connectivity index (χ1v) is 10.1. The van der Waals surface area contributed by atoms with E-state index in [-0.39, 0.29) is 11.7 Å². The van der Waals surface area contributed by atoms with E-state index in [0.29, 0.717) is 35.8 Å². The number of sulfonamides is 1. The Kier molecular flexibility index (Phi) is 5.30. The highest BCUT2D eigenvalue weighted by Crippen LogP contribution is 2.24. The molecule has 5 nitrogen and oxygen atoms in total. The number of carbonyl (C=O) groups excluding carboxylic acids is 1. The van der Waals surface area contributed by atoms with E-state index in [0.717, 1.165) is 12.0 Å². The molecule has 0 aliphatic carbocycles. The third-order valence-corrected chi connectivity index (χ3v) is 6.38. The average molecular weight is 379 g/mol. The second kappa shape index (κ2) is 7.45. The first kappa shape index (κ1) is 17.8. The summed E-state index contributed by atoms with van der Waals surface area (Å²) in [7, 11) is -3.30. The summed E-state index contributed by atoms with van der Waals surface area (Å²) in [5.74, 6) is -0.119. The largest absolute Gasteiger partial charge is 0.348 e. The van der Waals surface area contributed by atoms with Gasteiger partial charge in [-0.3, -0.25) is 9.10 Å². The normalized spacial score (nSPS) is 16.4. The SMILES string of the molecule is O=C(NCc1ccccc1Cl)c1cccc(N2CCCCS2(=O)=O)c1. The van der Waals surface area contributed by atoms with Gasteiger partial charge in [0, 0.05) is 23.7 Å². The number of hydrogen-bond acceptors (Lipinski definition) is 3. The maximum absolute atomic E-state index is 12.4. The molecule has 0 bridgehead atoms. The number of amides is 1. The highest BCUT2D eigenvalue weighted by atomic mass is 35.5. The Labute approximate surface area is 152 Å². The van der Waals surface area contributed by atoms with E-state index in [1.807, 2.05) is 18.2 Å². The van der Waals surface area contributed by atoms with Gasteiger partial charge in [0.05, 0.1) is 11.4 Å². The Morgan fingerprint density at radius 3 is 2.68 bits per heavy atom. The predicted molar refractivity (Wildman–Crippen MR) is 99.4 cm³/mol. The van der Waals surface area contributed by atoms with Crippen molar-refractivity contribution in [2.75, 3.05) is 16.6 Å². The molecule has 0 radical (unpaired) electrons. The highest BCUT2D eigenvalue weighted by Gasteiger charge is 2.26. The van der Waals surface area contributed by atoms with E-state index in [1.54, 1.807) is 30.3 Å². The van der Waals surface area contributed by atoms with Crippen LogP contribution >= 0.6 is 11.6 Å². The van der Waals surface area contributed by atoms with E-state index < -0.39 is 10.0 Å². The van der Waals surface area contributed by atoms with Crippen molar-refractivity contribution in [2.24, 2.45) is 0 Å². The van der Waals surface area contributed by atoms with Crippen molar-refractivity contribution >= 4 is 33.2 Å². The summed E-state index contributed by atoms with van der Waals surface area (Å²) < 4.78 is 25.8. The maximum atomic E-state index is 12.4. The molecule has 0 aromatic heterocycles. The lowest BCUT2D eigenvalue weighted by molar-refractivity contribution is 0.0951. The van der Waals surface area contributed by atoms with E-state index in [1.165, 1.54) is 4.31 Å². The standard InChI is InChI=1S/C18H19ClN2O3S/c19-17-9-2-1-6-15(17)13-20-18(22)14-7-5-8-16(12-14)21-10-3-4-11-25(21,23)24/h1-2,5-9,12H,3-4,10-11,13H2,(H,20,22). The molecule has 1 saturated heterocycles. The lowest BCUT2D eigenvalue weighted by atomic mass is 10.1. The Balaban J connectivity index is 1.75. The number of halogens is 1. The molecule has 2 aromatic carbocycles. The van der Waals surface area contributed by atoms with Gasteiger partial charge >= 0.3 is 0 Å². The molecule has 1 fully saturated rings. The fourth-order valence-corrected chi connectivity index (χ4v) is 4.63. The lowest BCUT2D eigenvalue weighted by Crippen LogP contribution is -2.38. The van der Waals surface area contributed by atoms with Gasteiger partial charge in [-0.05, 0) is 42.7 Å². The summed E-state index contributed by atoms with van der Waals surface area (Å²) in [4.78, 5) is 12.4. The molecule has 1 N–H and O–H groups in total. The van der Waals surface area contributed by atoms with Crippen molar-refractivity contribution in [1.29, 1.82) is 0 Å². The fourth-order valence-electron chi connectivity index (χ4n) is 2.80. The molecular weight excluding hydrogens is 360 g/mol. The van der Waals surface area contributed by atoms with Crippen LogP contribution in [0.15, 0.2) is 48.5 Å². The van der Waals surface area contributed by atoms with Crippen LogP contribution in [-0.2, 0) is 16.6 Å². The van der Waals surface area contributed by atoms with Crippen molar-refractivity contribution in [3.63, 3.8) is 0 Å². The van der Waals surface area contributed by atoms with Gasteiger partial charge in [-0.15, -0.1) is 0 Å². The number of nitrogens with one attached hydrogen (secondary N) is 1. The van der Waals surface area contributed by atoms with Crippen molar-refractivity contribution in [2.45, 2.75) is 19.4 Å². The number of benzene rings is 2. The minimum Gasteiger partial charge on any atom is -0.348 e. The molecule has 7 heteroatoms. The Morgan fingerprint density at radius 1 is 1.12 bits per heavy atom. The maximum Gasteiger partial charge on any atom is 0.251 e. The zero-order valence-corrected chi connectivity index (χ0v) is 15.2. The topological polar surface area (TPSA) is 66.5 Å². The van der Waals surface area contributed by atoms with Crippen molar-refractivity contribution in [3.8, 4) is 0 Å². The molecule has 1 aliphatic heterocycles. The molecule has 25 heavy (non-hydrogen) atoms.